The van der Waals surface area contributed by atoms with Crippen LogP contribution < -0.4 is 15.0 Å². The molecule has 3 rings (SSSR count). The van der Waals surface area contributed by atoms with Gasteiger partial charge in [-0.1, -0.05) is 25.0 Å². The molecule has 5 nitrogen and oxygen atoms in total. The lowest BCUT2D eigenvalue weighted by Crippen LogP contribution is -2.52. The van der Waals surface area contributed by atoms with Gasteiger partial charge in [-0.15, -0.1) is 24.0 Å². The number of rotatable bonds is 5. The summed E-state index contributed by atoms with van der Waals surface area (Å²) in [7, 11) is 3.62. The summed E-state index contributed by atoms with van der Waals surface area (Å²) in [5, 5.41) is 3.52. The van der Waals surface area contributed by atoms with Crippen LogP contribution in [0, 0.1) is 5.92 Å². The number of halogens is 1. The molecule has 1 saturated carbocycles. The van der Waals surface area contributed by atoms with E-state index in [0.29, 0.717) is 0 Å². The van der Waals surface area contributed by atoms with Gasteiger partial charge >= 0.3 is 0 Å². The minimum absolute atomic E-state index is 0. The van der Waals surface area contributed by atoms with Gasteiger partial charge in [-0.3, -0.25) is 4.99 Å². The van der Waals surface area contributed by atoms with E-state index in [1.165, 1.54) is 24.9 Å². The van der Waals surface area contributed by atoms with Crippen LogP contribution in [0.1, 0.15) is 19.3 Å². The van der Waals surface area contributed by atoms with Gasteiger partial charge in [0.1, 0.15) is 5.75 Å². The van der Waals surface area contributed by atoms with E-state index in [1.54, 1.807) is 7.11 Å². The molecule has 2 aliphatic rings. The average Bonchev–Trinajstić information content (AvgIpc) is 3.43. The van der Waals surface area contributed by atoms with E-state index in [0.717, 1.165) is 50.4 Å². The standard InChI is InChI=1S/C18H28N4O.HI/c1-19-18(20-10-9-15-7-8-15)22-13-11-21(12-14-22)16-5-3-4-6-17(16)23-2;/h3-6,15H,7-14H2,1-2H3,(H,19,20);1H. The van der Waals surface area contributed by atoms with Gasteiger partial charge < -0.3 is 19.9 Å². The second kappa shape index (κ2) is 9.34. The summed E-state index contributed by atoms with van der Waals surface area (Å²) in [4.78, 5) is 9.20. The number of aliphatic imine (C=N–C) groups is 1. The monoisotopic (exact) mass is 444 g/mol. The highest BCUT2D eigenvalue weighted by molar-refractivity contribution is 14.0. The van der Waals surface area contributed by atoms with E-state index >= 15 is 0 Å². The first kappa shape index (κ1) is 19.1. The van der Waals surface area contributed by atoms with Gasteiger partial charge in [0.25, 0.3) is 0 Å². The van der Waals surface area contributed by atoms with E-state index in [-0.39, 0.29) is 24.0 Å². The van der Waals surface area contributed by atoms with Crippen molar-refractivity contribution in [1.29, 1.82) is 0 Å². The largest absolute Gasteiger partial charge is 0.495 e. The maximum Gasteiger partial charge on any atom is 0.193 e. The molecule has 0 radical (unpaired) electrons. The Bertz CT molecular complexity index is 540. The van der Waals surface area contributed by atoms with Gasteiger partial charge in [0, 0.05) is 39.8 Å². The highest BCUT2D eigenvalue weighted by Gasteiger charge is 2.23. The number of ether oxygens (including phenoxy) is 1. The minimum Gasteiger partial charge on any atom is -0.495 e. The Morgan fingerprint density at radius 3 is 2.54 bits per heavy atom. The number of anilines is 1. The molecule has 1 aliphatic carbocycles. The van der Waals surface area contributed by atoms with Crippen LogP contribution in [0.15, 0.2) is 29.3 Å². The van der Waals surface area contributed by atoms with Crippen molar-refractivity contribution in [2.24, 2.45) is 10.9 Å². The van der Waals surface area contributed by atoms with Crippen LogP contribution in [0.25, 0.3) is 0 Å². The zero-order valence-electron chi connectivity index (χ0n) is 14.7. The molecular formula is C18H29IN4O. The number of nitrogens with one attached hydrogen (secondary N) is 1. The fourth-order valence-electron chi connectivity index (χ4n) is 3.18. The molecule has 1 aromatic carbocycles. The minimum atomic E-state index is 0. The van der Waals surface area contributed by atoms with Crippen LogP contribution in [0.3, 0.4) is 0 Å². The number of benzene rings is 1. The van der Waals surface area contributed by atoms with Crippen molar-refractivity contribution in [2.75, 3.05) is 51.8 Å². The van der Waals surface area contributed by atoms with Gasteiger partial charge in [-0.25, -0.2) is 0 Å². The smallest absolute Gasteiger partial charge is 0.193 e. The van der Waals surface area contributed by atoms with Gasteiger partial charge in [0.15, 0.2) is 5.96 Å². The van der Waals surface area contributed by atoms with Crippen LogP contribution >= 0.6 is 24.0 Å². The quantitative estimate of drug-likeness (QED) is 0.431. The number of piperazine rings is 1. The van der Waals surface area contributed by atoms with Crippen molar-refractivity contribution in [3.8, 4) is 5.75 Å². The Kier molecular flexibility index (Phi) is 7.45. The maximum absolute atomic E-state index is 5.48. The molecule has 0 atom stereocenters. The van der Waals surface area contributed by atoms with Crippen LogP contribution in [0.4, 0.5) is 5.69 Å². The molecule has 24 heavy (non-hydrogen) atoms. The van der Waals surface area contributed by atoms with Crippen molar-refractivity contribution in [3.63, 3.8) is 0 Å². The van der Waals surface area contributed by atoms with E-state index in [2.05, 4.69) is 32.2 Å². The second-order valence-electron chi connectivity index (χ2n) is 6.35. The predicted molar refractivity (Wildman–Crippen MR) is 111 cm³/mol. The molecule has 1 N–H and O–H groups in total. The first-order valence-electron chi connectivity index (χ1n) is 8.65. The normalized spacial score (nSPS) is 18.2. The molecular weight excluding hydrogens is 415 g/mol. The Labute approximate surface area is 162 Å². The van der Waals surface area contributed by atoms with E-state index < -0.39 is 0 Å². The summed E-state index contributed by atoms with van der Waals surface area (Å²) in [6.45, 7) is 5.00. The molecule has 1 aromatic rings. The zero-order valence-corrected chi connectivity index (χ0v) is 17.0. The van der Waals surface area contributed by atoms with Crippen LogP contribution in [-0.4, -0.2) is 57.7 Å². The Morgan fingerprint density at radius 1 is 1.21 bits per heavy atom. The molecule has 0 amide bonds. The van der Waals surface area contributed by atoms with Crippen molar-refractivity contribution in [2.45, 2.75) is 19.3 Å². The molecule has 1 saturated heterocycles. The summed E-state index contributed by atoms with van der Waals surface area (Å²) in [5.74, 6) is 2.96. The molecule has 0 spiro atoms. The van der Waals surface area contributed by atoms with Gasteiger partial charge in [-0.05, 0) is 24.5 Å². The fourth-order valence-corrected chi connectivity index (χ4v) is 3.18. The first-order chi connectivity index (χ1) is 11.3. The van der Waals surface area contributed by atoms with Crippen LogP contribution in [-0.2, 0) is 0 Å². The van der Waals surface area contributed by atoms with Crippen LogP contribution in [0.5, 0.6) is 5.75 Å². The molecule has 0 bridgehead atoms. The fraction of sp³-hybridized carbons (Fsp3) is 0.611. The highest BCUT2D eigenvalue weighted by Crippen LogP contribution is 2.31. The summed E-state index contributed by atoms with van der Waals surface area (Å²) in [5.41, 5.74) is 1.19. The van der Waals surface area contributed by atoms with E-state index in [4.69, 9.17) is 4.74 Å². The lowest BCUT2D eigenvalue weighted by Gasteiger charge is -2.38. The Balaban J connectivity index is 0.00000208. The molecule has 134 valence electrons. The van der Waals surface area contributed by atoms with Crippen molar-refractivity contribution >= 4 is 35.6 Å². The maximum atomic E-state index is 5.48. The van der Waals surface area contributed by atoms with Gasteiger partial charge in [0.2, 0.25) is 0 Å². The van der Waals surface area contributed by atoms with Gasteiger partial charge in [0.05, 0.1) is 12.8 Å². The third-order valence-electron chi connectivity index (χ3n) is 4.75. The molecule has 1 heterocycles. The average molecular weight is 444 g/mol. The second-order valence-corrected chi connectivity index (χ2v) is 6.35. The number of nitrogens with zero attached hydrogens (tertiary/aromatic N) is 3. The molecule has 0 aromatic heterocycles. The molecule has 6 heteroatoms. The molecule has 2 fully saturated rings. The number of hydrogen-bond acceptors (Lipinski definition) is 3. The SMILES string of the molecule is CN=C(NCCC1CC1)N1CCN(c2ccccc2OC)CC1.I. The lowest BCUT2D eigenvalue weighted by atomic mass is 10.2. The van der Waals surface area contributed by atoms with Crippen LogP contribution in [0.2, 0.25) is 0 Å². The third-order valence-corrected chi connectivity index (χ3v) is 4.75. The van der Waals surface area contributed by atoms with Crippen molar-refractivity contribution in [3.05, 3.63) is 24.3 Å². The number of methoxy groups -OCH3 is 1. The van der Waals surface area contributed by atoms with E-state index in [9.17, 15) is 0 Å². The number of hydrogen-bond donors (Lipinski definition) is 1. The Hall–Kier alpha value is -1.18. The lowest BCUT2D eigenvalue weighted by molar-refractivity contribution is 0.366. The van der Waals surface area contributed by atoms with E-state index in [1.807, 2.05) is 19.2 Å². The first-order valence-corrected chi connectivity index (χ1v) is 8.65. The number of para-hydroxylation sites is 2. The predicted octanol–water partition coefficient (Wildman–Crippen LogP) is 2.81. The highest BCUT2D eigenvalue weighted by atomic mass is 127. The van der Waals surface area contributed by atoms with Crippen molar-refractivity contribution in [1.82, 2.24) is 10.2 Å². The summed E-state index contributed by atoms with van der Waals surface area (Å²) in [6.07, 6.45) is 4.11. The summed E-state index contributed by atoms with van der Waals surface area (Å²) < 4.78 is 5.48. The summed E-state index contributed by atoms with van der Waals surface area (Å²) >= 11 is 0. The topological polar surface area (TPSA) is 40.1 Å². The molecule has 1 aliphatic heterocycles. The third kappa shape index (κ3) is 4.91. The number of guanidine groups is 1. The van der Waals surface area contributed by atoms with Gasteiger partial charge in [-0.2, -0.15) is 0 Å². The molecule has 0 unspecified atom stereocenters. The zero-order chi connectivity index (χ0) is 16.1. The Morgan fingerprint density at radius 2 is 1.92 bits per heavy atom. The summed E-state index contributed by atoms with van der Waals surface area (Å²) in [6, 6.07) is 8.25. The van der Waals surface area contributed by atoms with Crippen molar-refractivity contribution < 1.29 is 4.74 Å².